The summed E-state index contributed by atoms with van der Waals surface area (Å²) < 4.78 is 5.18. The van der Waals surface area contributed by atoms with Crippen LogP contribution >= 0.6 is 0 Å². The summed E-state index contributed by atoms with van der Waals surface area (Å²) in [6.07, 6.45) is 11.3. The first kappa shape index (κ1) is 63.2. The predicted molar refractivity (Wildman–Crippen MR) is 422 cm³/mol. The number of benzene rings is 12. The van der Waals surface area contributed by atoms with Gasteiger partial charge in [0.15, 0.2) is 0 Å². The Morgan fingerprint density at radius 1 is 0.444 bits per heavy atom. The van der Waals surface area contributed by atoms with Crippen LogP contribution in [0.4, 0.5) is 0 Å². The summed E-state index contributed by atoms with van der Waals surface area (Å²) in [6.45, 7) is 20.4. The molecule has 0 N–H and O–H groups in total. The van der Waals surface area contributed by atoms with E-state index in [2.05, 4.69) is 306 Å². The third-order valence-corrected chi connectivity index (χ3v) is 20.3. The van der Waals surface area contributed by atoms with E-state index < -0.39 is 0 Å². The van der Waals surface area contributed by atoms with Gasteiger partial charge in [-0.1, -0.05) is 273 Å². The zero-order chi connectivity index (χ0) is 67.8. The standard InChI is InChI=1S/C81H62N4.2C7H8/c1-49-22-7-9-30-61(49)75-51(3)24-15-34-63(75)65-36-20-42-73-79(65)67-32-11-13-40-71(67)84(73)59-45-58(53(5)77-69-38-18-27-56-28-19-39-70(78(56)69)81(77)83-54(6)57-29-17-26-55(44-57)48-82)46-60(47-59)85-72-41-14-12-33-68(72)80-66(37-21-43-74(80)85)64-35-16-25-52(4)76(64)62-31-10-8-23-50(62)2;2*1-7-5-3-2-4-6-7/h7-16,18-28,30-46,59H,5,17,29,47H2,1-4,6H3;2*2-6H,1H3. The second-order valence-corrected chi connectivity index (χ2v) is 26.7. The van der Waals surface area contributed by atoms with Crippen LogP contribution in [0.25, 0.3) is 116 Å². The third-order valence-electron chi connectivity index (χ3n) is 20.3. The maximum Gasteiger partial charge on any atom is 0.0988 e. The quantitative estimate of drug-likeness (QED) is 0.126. The summed E-state index contributed by atoms with van der Waals surface area (Å²) in [5, 5.41) is 17.3. The average molecular weight is 1280 g/mol. The molecular weight excluding hydrogens is 1200 g/mol. The first-order valence-electron chi connectivity index (χ1n) is 34.6. The number of aryl methyl sites for hydroxylation is 6. The number of allylic oxidation sites excluding steroid dienone is 10. The Labute approximate surface area is 581 Å². The summed E-state index contributed by atoms with van der Waals surface area (Å²) in [5.41, 5.74) is 32.3. The van der Waals surface area contributed by atoms with Crippen molar-refractivity contribution in [3.05, 3.63) is 365 Å². The van der Waals surface area contributed by atoms with Crippen molar-refractivity contribution in [2.75, 3.05) is 0 Å². The lowest BCUT2D eigenvalue weighted by atomic mass is 9.87. The summed E-state index contributed by atoms with van der Waals surface area (Å²) in [5.74, 6) is 0. The minimum Gasteiger partial charge on any atom is -0.333 e. The number of nitriles is 1. The van der Waals surface area contributed by atoms with E-state index in [4.69, 9.17) is 11.6 Å². The van der Waals surface area contributed by atoms with Gasteiger partial charge >= 0.3 is 0 Å². The molecule has 0 bridgehead atoms. The van der Waals surface area contributed by atoms with Crippen LogP contribution in [0.2, 0.25) is 0 Å². The van der Waals surface area contributed by atoms with Crippen molar-refractivity contribution in [2.24, 2.45) is 4.99 Å². The van der Waals surface area contributed by atoms with Crippen LogP contribution in [0.15, 0.2) is 325 Å². The van der Waals surface area contributed by atoms with Gasteiger partial charge in [-0.05, 0) is 198 Å². The zero-order valence-corrected chi connectivity index (χ0v) is 57.4. The number of fused-ring (bicyclic) bond motifs is 6. The number of aromatic nitrogens is 2. The molecule has 0 spiro atoms. The Hall–Kier alpha value is -11.9. The van der Waals surface area contributed by atoms with E-state index in [0.29, 0.717) is 12.0 Å². The zero-order valence-electron chi connectivity index (χ0n) is 57.4. The van der Waals surface area contributed by atoms with Crippen molar-refractivity contribution in [3.8, 4) is 50.6 Å². The van der Waals surface area contributed by atoms with Crippen LogP contribution in [0.3, 0.4) is 0 Å². The number of hydrogen-bond acceptors (Lipinski definition) is 2. The van der Waals surface area contributed by atoms with E-state index in [9.17, 15) is 5.26 Å². The highest BCUT2D eigenvalue weighted by atomic mass is 15.1. The average Bonchev–Trinajstić information content (AvgIpc) is 1.65. The summed E-state index contributed by atoms with van der Waals surface area (Å²) in [4.78, 5) is 5.64. The van der Waals surface area contributed by atoms with Gasteiger partial charge in [0, 0.05) is 61.6 Å². The molecular formula is C95H78N4. The first-order valence-corrected chi connectivity index (χ1v) is 34.6. The molecule has 4 heteroatoms. The lowest BCUT2D eigenvalue weighted by Gasteiger charge is -2.28. The van der Waals surface area contributed by atoms with Gasteiger partial charge in [0.05, 0.1) is 34.4 Å². The van der Waals surface area contributed by atoms with E-state index in [1.165, 1.54) is 127 Å². The Morgan fingerprint density at radius 2 is 0.909 bits per heavy atom. The molecule has 0 amide bonds. The highest BCUT2D eigenvalue weighted by Gasteiger charge is 2.32. The Morgan fingerprint density at radius 3 is 1.49 bits per heavy atom. The van der Waals surface area contributed by atoms with Crippen molar-refractivity contribution >= 4 is 77.1 Å². The molecule has 12 aromatic carbocycles. The molecule has 478 valence electrons. The van der Waals surface area contributed by atoms with E-state index in [1.807, 2.05) is 48.6 Å². The van der Waals surface area contributed by atoms with Crippen molar-refractivity contribution in [3.63, 3.8) is 0 Å². The smallest absolute Gasteiger partial charge is 0.0988 e. The van der Waals surface area contributed by atoms with Gasteiger partial charge in [-0.15, -0.1) is 0 Å². The predicted octanol–water partition coefficient (Wildman–Crippen LogP) is 25.4. The molecule has 0 saturated heterocycles. The van der Waals surface area contributed by atoms with Gasteiger partial charge < -0.3 is 9.13 Å². The number of para-hydroxylation sites is 2. The molecule has 4 nitrogen and oxygen atoms in total. The monoisotopic (exact) mass is 1270 g/mol. The van der Waals surface area contributed by atoms with Crippen LogP contribution in [0.1, 0.15) is 76.7 Å². The Balaban J connectivity index is 0.000000510. The van der Waals surface area contributed by atoms with Gasteiger partial charge in [-0.3, -0.25) is 4.99 Å². The minimum atomic E-state index is -0.154. The van der Waals surface area contributed by atoms with Crippen molar-refractivity contribution in [2.45, 2.75) is 73.8 Å². The van der Waals surface area contributed by atoms with Crippen LogP contribution < -0.4 is 0 Å². The fourth-order valence-corrected chi connectivity index (χ4v) is 15.6. The SMILES string of the molecule is C=C(C1=CC(n2c3ccccc3c3c(-c4cccc(C)c4-c4ccccc4C)cccc32)CC(n2c3ccccc3c3c(-c4cccc(C)c4-c4ccccc4C)cccc32)=C1)C1=C(N=C(C)C2=CC(C#N)=CCC2)c2cccc3cccc1c23.Cc1ccccc1.Cc1ccccc1. The number of rotatable bonds is 10. The topological polar surface area (TPSA) is 46.0 Å². The van der Waals surface area contributed by atoms with E-state index in [0.717, 1.165) is 68.7 Å². The second kappa shape index (κ2) is 27.0. The third kappa shape index (κ3) is 11.7. The highest BCUT2D eigenvalue weighted by molar-refractivity contribution is 6.22. The largest absolute Gasteiger partial charge is 0.333 e. The molecule has 3 aliphatic carbocycles. The van der Waals surface area contributed by atoms with Gasteiger partial charge in [0.25, 0.3) is 0 Å². The maximum absolute atomic E-state index is 10.0. The maximum atomic E-state index is 10.0. The van der Waals surface area contributed by atoms with Gasteiger partial charge in [-0.25, -0.2) is 0 Å². The van der Waals surface area contributed by atoms with Crippen LogP contribution in [0.5, 0.6) is 0 Å². The van der Waals surface area contributed by atoms with Gasteiger partial charge in [0.2, 0.25) is 0 Å². The minimum absolute atomic E-state index is 0.154. The molecule has 14 aromatic rings. The lowest BCUT2D eigenvalue weighted by Crippen LogP contribution is -2.14. The molecule has 3 aliphatic rings. The molecule has 2 heterocycles. The van der Waals surface area contributed by atoms with E-state index in [-0.39, 0.29) is 6.04 Å². The molecule has 99 heavy (non-hydrogen) atoms. The molecule has 2 aromatic heterocycles. The van der Waals surface area contributed by atoms with Crippen LogP contribution in [0, 0.1) is 52.9 Å². The Kier molecular flexibility index (Phi) is 17.2. The molecule has 0 fully saturated rings. The highest BCUT2D eigenvalue weighted by Crippen LogP contribution is 2.52. The molecule has 1 unspecified atom stereocenters. The van der Waals surface area contributed by atoms with Crippen molar-refractivity contribution in [1.82, 2.24) is 9.13 Å². The van der Waals surface area contributed by atoms with Crippen LogP contribution in [-0.4, -0.2) is 14.8 Å². The second-order valence-electron chi connectivity index (χ2n) is 26.7. The molecule has 0 radical (unpaired) electrons. The molecule has 0 aliphatic heterocycles. The summed E-state index contributed by atoms with van der Waals surface area (Å²) >= 11 is 0. The lowest BCUT2D eigenvalue weighted by molar-refractivity contribution is 0.642. The Bertz CT molecular complexity index is 5760. The number of aliphatic imine (C=N–C) groups is 1. The molecule has 0 saturated carbocycles. The van der Waals surface area contributed by atoms with Crippen molar-refractivity contribution < 1.29 is 0 Å². The first-order chi connectivity index (χ1) is 48.4. The van der Waals surface area contributed by atoms with Gasteiger partial charge in [0.1, 0.15) is 0 Å². The summed E-state index contributed by atoms with van der Waals surface area (Å²) in [6, 6.07) is 98.9. The number of hydrogen-bond donors (Lipinski definition) is 0. The molecule has 1 atom stereocenters. The van der Waals surface area contributed by atoms with Gasteiger partial charge in [-0.2, -0.15) is 5.26 Å². The van der Waals surface area contributed by atoms with Crippen LogP contribution in [-0.2, 0) is 0 Å². The van der Waals surface area contributed by atoms with E-state index >= 15 is 0 Å². The normalized spacial score (nSPS) is 14.3. The van der Waals surface area contributed by atoms with E-state index in [1.54, 1.807) is 0 Å². The fraction of sp³-hybridized carbons (Fsp3) is 0.116. The van der Waals surface area contributed by atoms with Crippen molar-refractivity contribution in [1.29, 1.82) is 5.26 Å². The molecule has 17 rings (SSSR count). The fourth-order valence-electron chi connectivity index (χ4n) is 15.6. The number of nitrogens with zero attached hydrogens (tertiary/aromatic N) is 4. The summed E-state index contributed by atoms with van der Waals surface area (Å²) in [7, 11) is 0.